The van der Waals surface area contributed by atoms with Crippen LogP contribution in [-0.4, -0.2) is 93.4 Å². The lowest BCUT2D eigenvalue weighted by Crippen LogP contribution is -2.49. The third kappa shape index (κ3) is 8.92. The van der Waals surface area contributed by atoms with Gasteiger partial charge in [0.1, 0.15) is 11.2 Å². The Bertz CT molecular complexity index is 1510. The molecule has 1 N–H and O–H groups in total. The van der Waals surface area contributed by atoms with E-state index in [1.165, 1.54) is 0 Å². The molecule has 2 fully saturated rings. The van der Waals surface area contributed by atoms with Crippen molar-refractivity contribution in [1.29, 1.82) is 0 Å². The first-order valence-corrected chi connectivity index (χ1v) is 20.9. The Morgan fingerprint density at radius 3 is 2.31 bits per heavy atom. The van der Waals surface area contributed by atoms with Crippen molar-refractivity contribution in [1.82, 2.24) is 34.5 Å². The summed E-state index contributed by atoms with van der Waals surface area (Å²) in [7, 11) is -1.81. The highest BCUT2D eigenvalue weighted by atomic mass is 28.4. The molecule has 12 heteroatoms. The standard InChI is InChI=1S/C36H58N8O3Si/c1-10-11-18-37-33-38-23-29-30(25-44(32(29)39-33)27-13-15-28(16-14-27)47-48(8,9)36(5,6)7)31-17-12-26(40-41-31)24-42-19-21-43(22-20-42)34(45)46-35(2,3)4/h12,17,23,25,27-28H,10-11,13-16,18-22,24H2,1-9H3,(H,37,38,39)/t27-,28-. The maximum atomic E-state index is 12.5. The minimum absolute atomic E-state index is 0.209. The van der Waals surface area contributed by atoms with Gasteiger partial charge in [0.15, 0.2) is 8.32 Å². The van der Waals surface area contributed by atoms with Crippen molar-refractivity contribution in [2.75, 3.05) is 38.0 Å². The van der Waals surface area contributed by atoms with Gasteiger partial charge in [-0.1, -0.05) is 34.1 Å². The van der Waals surface area contributed by atoms with Gasteiger partial charge in [0.2, 0.25) is 5.95 Å². The first-order valence-electron chi connectivity index (χ1n) is 18.0. The first kappa shape index (κ1) is 36.2. The predicted octanol–water partition coefficient (Wildman–Crippen LogP) is 7.66. The highest BCUT2D eigenvalue weighted by Crippen LogP contribution is 2.41. The number of fused-ring (bicyclic) bond motifs is 1. The van der Waals surface area contributed by atoms with E-state index in [9.17, 15) is 4.79 Å². The van der Waals surface area contributed by atoms with Gasteiger partial charge in [-0.05, 0) is 83.1 Å². The van der Waals surface area contributed by atoms with E-state index >= 15 is 0 Å². The van der Waals surface area contributed by atoms with Crippen molar-refractivity contribution in [2.45, 2.75) is 129 Å². The number of unbranched alkanes of at least 4 members (excludes halogenated alkanes) is 1. The van der Waals surface area contributed by atoms with Crippen molar-refractivity contribution in [3.63, 3.8) is 0 Å². The van der Waals surface area contributed by atoms with Crippen LogP contribution in [0.2, 0.25) is 18.1 Å². The van der Waals surface area contributed by atoms with E-state index in [-0.39, 0.29) is 11.1 Å². The summed E-state index contributed by atoms with van der Waals surface area (Å²) in [5.74, 6) is 0.671. The third-order valence-corrected chi connectivity index (χ3v) is 14.6. The lowest BCUT2D eigenvalue weighted by atomic mass is 9.93. The van der Waals surface area contributed by atoms with Crippen LogP contribution in [0, 0.1) is 0 Å². The molecule has 3 aromatic heterocycles. The summed E-state index contributed by atoms with van der Waals surface area (Å²) >= 11 is 0. The summed E-state index contributed by atoms with van der Waals surface area (Å²) in [4.78, 5) is 26.3. The van der Waals surface area contributed by atoms with Crippen molar-refractivity contribution in [3.8, 4) is 11.3 Å². The van der Waals surface area contributed by atoms with Crippen LogP contribution < -0.4 is 5.32 Å². The molecular weight excluding hydrogens is 621 g/mol. The molecule has 1 saturated carbocycles. The van der Waals surface area contributed by atoms with Crippen LogP contribution in [-0.2, 0) is 15.7 Å². The highest BCUT2D eigenvalue weighted by molar-refractivity contribution is 6.74. The Morgan fingerprint density at radius 1 is 1.00 bits per heavy atom. The molecule has 1 aliphatic heterocycles. The van der Waals surface area contributed by atoms with E-state index in [1.54, 1.807) is 4.90 Å². The number of nitrogens with one attached hydrogen (secondary N) is 1. The van der Waals surface area contributed by atoms with Gasteiger partial charge < -0.3 is 23.9 Å². The molecule has 3 aromatic rings. The fraction of sp³-hybridized carbons (Fsp3) is 0.694. The van der Waals surface area contributed by atoms with Gasteiger partial charge in [-0.25, -0.2) is 9.78 Å². The summed E-state index contributed by atoms with van der Waals surface area (Å²) in [5.41, 5.74) is 3.20. The minimum Gasteiger partial charge on any atom is -0.444 e. The van der Waals surface area contributed by atoms with E-state index in [2.05, 4.69) is 84.0 Å². The van der Waals surface area contributed by atoms with Gasteiger partial charge in [-0.3, -0.25) is 4.90 Å². The second kappa shape index (κ2) is 14.8. The molecule has 4 heterocycles. The number of piperazine rings is 1. The Kier molecular flexibility index (Phi) is 11.2. The summed E-state index contributed by atoms with van der Waals surface area (Å²) in [6.07, 6.45) is 10.6. The molecule has 5 rings (SSSR count). The zero-order valence-corrected chi connectivity index (χ0v) is 31.8. The molecule has 0 bridgehead atoms. The van der Waals surface area contributed by atoms with Crippen LogP contribution in [0.1, 0.15) is 98.7 Å². The molecule has 0 aromatic carbocycles. The fourth-order valence-corrected chi connectivity index (χ4v) is 7.66. The van der Waals surface area contributed by atoms with Crippen LogP contribution in [0.25, 0.3) is 22.3 Å². The number of anilines is 1. The van der Waals surface area contributed by atoms with Gasteiger partial charge >= 0.3 is 6.09 Å². The number of hydrogen-bond donors (Lipinski definition) is 1. The Morgan fingerprint density at radius 2 is 1.71 bits per heavy atom. The van der Waals surface area contributed by atoms with Crippen LogP contribution in [0.5, 0.6) is 0 Å². The number of rotatable bonds is 10. The molecule has 1 amide bonds. The van der Waals surface area contributed by atoms with E-state index in [1.807, 2.05) is 27.0 Å². The molecule has 1 saturated heterocycles. The number of ether oxygens (including phenoxy) is 1. The number of nitrogens with zero attached hydrogens (tertiary/aromatic N) is 7. The Hall–Kier alpha value is -3.09. The number of hydrogen-bond acceptors (Lipinski definition) is 9. The zero-order chi connectivity index (χ0) is 34.7. The monoisotopic (exact) mass is 678 g/mol. The Balaban J connectivity index is 1.29. The largest absolute Gasteiger partial charge is 0.444 e. The number of carbonyl (C=O) groups is 1. The third-order valence-electron chi connectivity index (χ3n) is 10.1. The van der Waals surface area contributed by atoms with Crippen molar-refractivity contribution >= 4 is 31.4 Å². The van der Waals surface area contributed by atoms with Crippen LogP contribution in [0.3, 0.4) is 0 Å². The summed E-state index contributed by atoms with van der Waals surface area (Å²) in [5, 5.41) is 14.0. The fourth-order valence-electron chi connectivity index (χ4n) is 6.24. The maximum Gasteiger partial charge on any atom is 0.410 e. The lowest BCUT2D eigenvalue weighted by molar-refractivity contribution is 0.0138. The quantitative estimate of drug-likeness (QED) is 0.171. The van der Waals surface area contributed by atoms with Crippen molar-refractivity contribution < 1.29 is 14.0 Å². The molecular formula is C36H58N8O3Si. The van der Waals surface area contributed by atoms with Gasteiger partial charge in [-0.15, -0.1) is 0 Å². The van der Waals surface area contributed by atoms with Crippen LogP contribution >= 0.6 is 0 Å². The Labute approximate surface area is 288 Å². The molecule has 0 spiro atoms. The van der Waals surface area contributed by atoms with Crippen LogP contribution in [0.4, 0.5) is 10.7 Å². The van der Waals surface area contributed by atoms with E-state index in [4.69, 9.17) is 19.2 Å². The second-order valence-corrected chi connectivity index (χ2v) is 20.9. The molecule has 264 valence electrons. The molecule has 48 heavy (non-hydrogen) atoms. The highest BCUT2D eigenvalue weighted by Gasteiger charge is 2.40. The number of carbonyl (C=O) groups excluding carboxylic acids is 1. The summed E-state index contributed by atoms with van der Waals surface area (Å²) < 4.78 is 14.7. The molecule has 11 nitrogen and oxygen atoms in total. The van der Waals surface area contributed by atoms with E-state index < -0.39 is 13.9 Å². The van der Waals surface area contributed by atoms with Crippen LogP contribution in [0.15, 0.2) is 24.5 Å². The van der Waals surface area contributed by atoms with Gasteiger partial charge in [0, 0.05) is 74.8 Å². The molecule has 1 aliphatic carbocycles. The van der Waals surface area contributed by atoms with E-state index in [0.29, 0.717) is 37.7 Å². The zero-order valence-electron chi connectivity index (χ0n) is 30.8. The molecule has 0 atom stereocenters. The second-order valence-electron chi connectivity index (χ2n) is 16.1. The van der Waals surface area contributed by atoms with Crippen molar-refractivity contribution in [3.05, 3.63) is 30.2 Å². The summed E-state index contributed by atoms with van der Waals surface area (Å²) in [6, 6.07) is 4.47. The minimum atomic E-state index is -1.81. The molecule has 0 radical (unpaired) electrons. The maximum absolute atomic E-state index is 12.5. The van der Waals surface area contributed by atoms with Gasteiger partial charge in [-0.2, -0.15) is 15.2 Å². The van der Waals surface area contributed by atoms with E-state index in [0.717, 1.165) is 86.1 Å². The average molecular weight is 679 g/mol. The normalized spacial score (nSPS) is 19.9. The SMILES string of the molecule is CCCCNc1ncc2c(-c3ccc(CN4CCN(C(=O)OC(C)(C)C)CC4)nn3)cn([C@H]3CC[C@H](O[Si](C)(C)C(C)(C)C)CC3)c2n1. The topological polar surface area (TPSA) is 111 Å². The molecule has 2 aliphatic rings. The predicted molar refractivity (Wildman–Crippen MR) is 195 cm³/mol. The average Bonchev–Trinajstić information content (AvgIpc) is 3.40. The lowest BCUT2D eigenvalue weighted by Gasteiger charge is -2.41. The number of amides is 1. The number of aromatic nitrogens is 5. The van der Waals surface area contributed by atoms with Crippen molar-refractivity contribution in [2.24, 2.45) is 0 Å². The summed E-state index contributed by atoms with van der Waals surface area (Å²) in [6.45, 7) is 23.9. The molecule has 0 unspecified atom stereocenters. The smallest absolute Gasteiger partial charge is 0.410 e. The van der Waals surface area contributed by atoms with Gasteiger partial charge in [0.25, 0.3) is 0 Å². The first-order chi connectivity index (χ1) is 22.6. The van der Waals surface area contributed by atoms with Gasteiger partial charge in [0.05, 0.1) is 11.4 Å².